The number of hydrazone groups is 1. The SMILES string of the molecule is O=[N+]([O-])c1cccc(S(=O)(=O)N/N=C/c2ccc(Cl)cc2)c1. The fraction of sp³-hybridized carbons (Fsp3) is 0. The number of halogens is 1. The molecule has 0 heterocycles. The molecule has 2 aromatic carbocycles. The number of rotatable bonds is 5. The Balaban J connectivity index is 2.16. The average Bonchev–Trinajstić information content (AvgIpc) is 2.49. The topological polar surface area (TPSA) is 102 Å². The molecule has 0 atom stereocenters. The lowest BCUT2D eigenvalue weighted by Gasteiger charge is -2.03. The molecule has 0 amide bonds. The number of nitro benzene ring substituents is 1. The van der Waals surface area contributed by atoms with Crippen molar-refractivity contribution in [3.8, 4) is 0 Å². The highest BCUT2D eigenvalue weighted by atomic mass is 35.5. The Morgan fingerprint density at radius 3 is 2.50 bits per heavy atom. The Kier molecular flexibility index (Phi) is 4.74. The van der Waals surface area contributed by atoms with E-state index >= 15 is 0 Å². The fourth-order valence-electron chi connectivity index (χ4n) is 1.54. The molecule has 0 saturated heterocycles. The maximum absolute atomic E-state index is 12.0. The van der Waals surface area contributed by atoms with Gasteiger partial charge in [0.25, 0.3) is 15.7 Å². The van der Waals surface area contributed by atoms with Crippen LogP contribution in [-0.4, -0.2) is 19.6 Å². The molecular formula is C13H10ClN3O4S. The molecule has 0 aliphatic heterocycles. The summed E-state index contributed by atoms with van der Waals surface area (Å²) >= 11 is 5.73. The number of hydrogen-bond acceptors (Lipinski definition) is 5. The van der Waals surface area contributed by atoms with Crippen molar-refractivity contribution < 1.29 is 13.3 Å². The van der Waals surface area contributed by atoms with Crippen molar-refractivity contribution in [2.45, 2.75) is 4.90 Å². The minimum atomic E-state index is -3.97. The summed E-state index contributed by atoms with van der Waals surface area (Å²) in [5.74, 6) is 0. The van der Waals surface area contributed by atoms with Crippen LogP contribution in [0, 0.1) is 10.1 Å². The Morgan fingerprint density at radius 2 is 1.86 bits per heavy atom. The zero-order chi connectivity index (χ0) is 16.2. The summed E-state index contributed by atoms with van der Waals surface area (Å²) < 4.78 is 24.0. The Morgan fingerprint density at radius 1 is 1.18 bits per heavy atom. The molecule has 2 rings (SSSR count). The third-order valence-electron chi connectivity index (χ3n) is 2.60. The zero-order valence-electron chi connectivity index (χ0n) is 11.0. The molecule has 0 radical (unpaired) electrons. The third-order valence-corrected chi connectivity index (χ3v) is 4.07. The number of sulfonamides is 1. The van der Waals surface area contributed by atoms with Crippen LogP contribution in [0.3, 0.4) is 0 Å². The molecule has 9 heteroatoms. The van der Waals surface area contributed by atoms with Crippen LogP contribution >= 0.6 is 11.6 Å². The van der Waals surface area contributed by atoms with Crippen LogP contribution in [0.2, 0.25) is 5.02 Å². The van der Waals surface area contributed by atoms with Crippen molar-refractivity contribution in [2.24, 2.45) is 5.10 Å². The second-order valence-corrected chi connectivity index (χ2v) is 6.26. The van der Waals surface area contributed by atoms with E-state index in [1.54, 1.807) is 24.3 Å². The molecule has 1 N–H and O–H groups in total. The Hall–Kier alpha value is -2.45. The molecule has 0 aliphatic carbocycles. The van der Waals surface area contributed by atoms with Crippen LogP contribution in [0.4, 0.5) is 5.69 Å². The van der Waals surface area contributed by atoms with Crippen LogP contribution in [0.25, 0.3) is 0 Å². The molecule has 0 fully saturated rings. The molecule has 0 unspecified atom stereocenters. The van der Waals surface area contributed by atoms with Gasteiger partial charge in [-0.2, -0.15) is 13.5 Å². The summed E-state index contributed by atoms with van der Waals surface area (Å²) in [6.45, 7) is 0. The molecule has 0 aliphatic rings. The average molecular weight is 340 g/mol. The van der Waals surface area contributed by atoms with Crippen molar-refractivity contribution >= 4 is 33.5 Å². The van der Waals surface area contributed by atoms with E-state index in [1.165, 1.54) is 24.4 Å². The van der Waals surface area contributed by atoms with Crippen LogP contribution in [0.15, 0.2) is 58.5 Å². The first-order valence-corrected chi connectivity index (χ1v) is 7.79. The highest BCUT2D eigenvalue weighted by Crippen LogP contribution is 2.17. The second kappa shape index (κ2) is 6.54. The first-order valence-electron chi connectivity index (χ1n) is 5.93. The van der Waals surface area contributed by atoms with Crippen LogP contribution < -0.4 is 4.83 Å². The minimum Gasteiger partial charge on any atom is -0.258 e. The van der Waals surface area contributed by atoms with Crippen molar-refractivity contribution in [1.82, 2.24) is 4.83 Å². The molecular weight excluding hydrogens is 330 g/mol. The summed E-state index contributed by atoms with van der Waals surface area (Å²) in [7, 11) is -3.97. The zero-order valence-corrected chi connectivity index (χ0v) is 12.6. The van der Waals surface area contributed by atoms with E-state index in [4.69, 9.17) is 11.6 Å². The standard InChI is InChI=1S/C13H10ClN3O4S/c14-11-6-4-10(5-7-11)9-15-16-22(20,21)13-3-1-2-12(8-13)17(18)19/h1-9,16H/b15-9+. The van der Waals surface area contributed by atoms with E-state index in [2.05, 4.69) is 5.10 Å². The van der Waals surface area contributed by atoms with Gasteiger partial charge in [0, 0.05) is 17.2 Å². The van der Waals surface area contributed by atoms with Crippen LogP contribution in [0.5, 0.6) is 0 Å². The van der Waals surface area contributed by atoms with E-state index in [9.17, 15) is 18.5 Å². The van der Waals surface area contributed by atoms with Crippen LogP contribution in [-0.2, 0) is 10.0 Å². The summed E-state index contributed by atoms with van der Waals surface area (Å²) in [5.41, 5.74) is 0.329. The molecule has 22 heavy (non-hydrogen) atoms. The van der Waals surface area contributed by atoms with Gasteiger partial charge in [-0.15, -0.1) is 0 Å². The molecule has 0 saturated carbocycles. The van der Waals surface area contributed by atoms with Crippen molar-refractivity contribution in [3.63, 3.8) is 0 Å². The van der Waals surface area contributed by atoms with Gasteiger partial charge < -0.3 is 0 Å². The predicted octanol–water partition coefficient (Wildman–Crippen LogP) is 2.56. The maximum Gasteiger partial charge on any atom is 0.276 e. The smallest absolute Gasteiger partial charge is 0.258 e. The highest BCUT2D eigenvalue weighted by Gasteiger charge is 2.16. The number of nitrogens with zero attached hydrogens (tertiary/aromatic N) is 2. The van der Waals surface area contributed by atoms with Crippen LogP contribution in [0.1, 0.15) is 5.56 Å². The predicted molar refractivity (Wildman–Crippen MR) is 82.5 cm³/mol. The van der Waals surface area contributed by atoms with E-state index in [-0.39, 0.29) is 10.6 Å². The monoisotopic (exact) mass is 339 g/mol. The number of hydrogen-bond donors (Lipinski definition) is 1. The Bertz CT molecular complexity index is 819. The quantitative estimate of drug-likeness (QED) is 0.513. The van der Waals surface area contributed by atoms with Crippen molar-refractivity contribution in [1.29, 1.82) is 0 Å². The number of nitrogens with one attached hydrogen (secondary N) is 1. The van der Waals surface area contributed by atoms with Crippen molar-refractivity contribution in [2.75, 3.05) is 0 Å². The summed E-state index contributed by atoms with van der Waals surface area (Å²) in [5, 5.41) is 14.8. The van der Waals surface area contributed by atoms with E-state index < -0.39 is 14.9 Å². The van der Waals surface area contributed by atoms with Gasteiger partial charge >= 0.3 is 0 Å². The van der Waals surface area contributed by atoms with Gasteiger partial charge in [0.2, 0.25) is 0 Å². The number of nitro groups is 1. The van der Waals surface area contributed by atoms with Gasteiger partial charge in [-0.1, -0.05) is 29.8 Å². The maximum atomic E-state index is 12.0. The van der Waals surface area contributed by atoms with Gasteiger partial charge in [-0.3, -0.25) is 10.1 Å². The van der Waals surface area contributed by atoms with E-state index in [1.807, 2.05) is 4.83 Å². The molecule has 2 aromatic rings. The summed E-state index contributed by atoms with van der Waals surface area (Å²) in [6.07, 6.45) is 1.30. The number of non-ortho nitro benzene ring substituents is 1. The lowest BCUT2D eigenvalue weighted by Crippen LogP contribution is -2.18. The number of benzene rings is 2. The normalized spacial score (nSPS) is 11.5. The van der Waals surface area contributed by atoms with Gasteiger partial charge in [0.15, 0.2) is 0 Å². The third kappa shape index (κ3) is 4.03. The lowest BCUT2D eigenvalue weighted by molar-refractivity contribution is -0.385. The van der Waals surface area contributed by atoms with Crippen molar-refractivity contribution in [3.05, 3.63) is 69.2 Å². The Labute approximate surface area is 131 Å². The molecule has 7 nitrogen and oxygen atoms in total. The summed E-state index contributed by atoms with van der Waals surface area (Å²) in [6, 6.07) is 11.3. The largest absolute Gasteiger partial charge is 0.276 e. The molecule has 0 bridgehead atoms. The molecule has 114 valence electrons. The summed E-state index contributed by atoms with van der Waals surface area (Å²) in [4.78, 5) is 11.7. The van der Waals surface area contributed by atoms with Gasteiger partial charge in [0.05, 0.1) is 16.0 Å². The molecule has 0 spiro atoms. The first kappa shape index (κ1) is 15.9. The lowest BCUT2D eigenvalue weighted by atomic mass is 10.2. The first-order chi connectivity index (χ1) is 10.4. The molecule has 0 aromatic heterocycles. The van der Waals surface area contributed by atoms with E-state index in [0.717, 1.165) is 6.07 Å². The van der Waals surface area contributed by atoms with Gasteiger partial charge in [-0.25, -0.2) is 4.83 Å². The highest BCUT2D eigenvalue weighted by molar-refractivity contribution is 7.89. The van der Waals surface area contributed by atoms with E-state index in [0.29, 0.717) is 10.6 Å². The van der Waals surface area contributed by atoms with Gasteiger partial charge in [0.1, 0.15) is 0 Å². The van der Waals surface area contributed by atoms with Gasteiger partial charge in [-0.05, 0) is 23.8 Å². The second-order valence-electron chi connectivity index (χ2n) is 4.16. The minimum absolute atomic E-state index is 0.241. The fourth-order valence-corrected chi connectivity index (χ4v) is 2.49.